The molecule has 0 aliphatic heterocycles. The summed E-state index contributed by atoms with van der Waals surface area (Å²) in [6.07, 6.45) is 0. The molecule has 0 saturated carbocycles. The van der Waals surface area contributed by atoms with E-state index in [0.29, 0.717) is 0 Å². The van der Waals surface area contributed by atoms with Crippen LogP contribution in [0.1, 0.15) is 5.56 Å². The third kappa shape index (κ3) is 1.46. The fraction of sp³-hybridized carbons (Fsp3) is 0.143. The summed E-state index contributed by atoms with van der Waals surface area (Å²) in [7, 11) is 0. The number of hydrogen-bond donors (Lipinski definition) is 2. The molecule has 0 aromatic heterocycles. The third-order valence-electron chi connectivity index (χ3n) is 1.39. The van der Waals surface area contributed by atoms with Crippen molar-refractivity contribution in [1.82, 2.24) is 0 Å². The monoisotopic (exact) mass is 153 g/mol. The second-order valence-corrected chi connectivity index (χ2v) is 2.34. The van der Waals surface area contributed by atoms with Gasteiger partial charge in [0.1, 0.15) is 5.69 Å². The minimum atomic E-state index is -0.234. The zero-order valence-corrected chi connectivity index (χ0v) is 6.11. The normalized spacial score (nSPS) is 9.55. The first-order chi connectivity index (χ1) is 5.11. The van der Waals surface area contributed by atoms with Crippen LogP contribution in [0.3, 0.4) is 0 Å². The van der Waals surface area contributed by atoms with Gasteiger partial charge >= 0.3 is 5.69 Å². The van der Waals surface area contributed by atoms with Crippen LogP contribution in [-0.2, 0) is 0 Å². The lowest BCUT2D eigenvalue weighted by Crippen LogP contribution is -1.97. The van der Waals surface area contributed by atoms with Crippen LogP contribution < -0.4 is 5.73 Å². The Morgan fingerprint density at radius 3 is 2.64 bits per heavy atom. The largest absolute Gasteiger partial charge is 0.393 e. The van der Waals surface area contributed by atoms with E-state index in [9.17, 15) is 4.91 Å². The number of nitrogens with zero attached hydrogens (tertiary/aromatic N) is 1. The number of nitrogen functional groups attached to an aromatic ring is 1. The van der Waals surface area contributed by atoms with Crippen LogP contribution in [0.5, 0.6) is 0 Å². The van der Waals surface area contributed by atoms with Gasteiger partial charge in [0.2, 0.25) is 0 Å². The van der Waals surface area contributed by atoms with Gasteiger partial charge in [-0.2, -0.15) is 0 Å². The van der Waals surface area contributed by atoms with Crippen molar-refractivity contribution >= 4 is 11.4 Å². The zero-order valence-electron chi connectivity index (χ0n) is 6.11. The molecular formula is C7H9N2O2+. The highest BCUT2D eigenvalue weighted by atomic mass is 16.6. The summed E-state index contributed by atoms with van der Waals surface area (Å²) in [6, 6.07) is 4.86. The van der Waals surface area contributed by atoms with Crippen LogP contribution in [0.25, 0.3) is 0 Å². The lowest BCUT2D eigenvalue weighted by Gasteiger charge is -1.92. The molecule has 0 amide bonds. The van der Waals surface area contributed by atoms with Crippen LogP contribution in [0.2, 0.25) is 0 Å². The van der Waals surface area contributed by atoms with E-state index in [1.54, 1.807) is 12.1 Å². The molecular weight excluding hydrogens is 144 g/mol. The van der Waals surface area contributed by atoms with Crippen molar-refractivity contribution in [2.45, 2.75) is 6.92 Å². The molecule has 4 heteroatoms. The van der Waals surface area contributed by atoms with Gasteiger partial charge in [-0.1, -0.05) is 6.07 Å². The molecule has 3 N–H and O–H groups in total. The van der Waals surface area contributed by atoms with Crippen molar-refractivity contribution in [3.63, 3.8) is 0 Å². The second kappa shape index (κ2) is 2.57. The molecule has 0 heterocycles. The maximum atomic E-state index is 10.4. The number of anilines is 1. The Morgan fingerprint density at radius 1 is 1.55 bits per heavy atom. The molecule has 1 aromatic carbocycles. The van der Waals surface area contributed by atoms with Gasteiger partial charge in [-0.15, -0.1) is 0 Å². The molecule has 58 valence electrons. The smallest absolute Gasteiger partial charge is 0.339 e. The van der Waals surface area contributed by atoms with Crippen molar-refractivity contribution in [2.24, 2.45) is 0 Å². The standard InChI is InChI=1S/C7H9N2O2/c1-5-2-3-6(8)7(4-5)9(10)11/h2-4H,8H2,1H3,(H,10,11)/q+1. The molecule has 4 nitrogen and oxygen atoms in total. The molecule has 0 fully saturated rings. The Morgan fingerprint density at radius 2 is 2.18 bits per heavy atom. The minimum Gasteiger partial charge on any atom is -0.393 e. The first-order valence-corrected chi connectivity index (χ1v) is 3.13. The SMILES string of the molecule is Cc1ccc(N)c([N+](=O)O)c1. The van der Waals surface area contributed by atoms with Crippen molar-refractivity contribution in [2.75, 3.05) is 5.73 Å². The number of aryl methyl sites for hydroxylation is 1. The maximum Gasteiger partial charge on any atom is 0.339 e. The van der Waals surface area contributed by atoms with Crippen LogP contribution >= 0.6 is 0 Å². The topological polar surface area (TPSA) is 66.3 Å². The van der Waals surface area contributed by atoms with Crippen LogP contribution in [0, 0.1) is 11.8 Å². The summed E-state index contributed by atoms with van der Waals surface area (Å²) in [5.74, 6) is 0. The Hall–Kier alpha value is -1.58. The Kier molecular flexibility index (Phi) is 1.76. The van der Waals surface area contributed by atoms with Gasteiger partial charge < -0.3 is 5.73 Å². The number of rotatable bonds is 1. The fourth-order valence-corrected chi connectivity index (χ4v) is 0.819. The zero-order chi connectivity index (χ0) is 8.43. The summed E-state index contributed by atoms with van der Waals surface area (Å²) in [5.41, 5.74) is 6.63. The minimum absolute atomic E-state index is 0.0880. The van der Waals surface area contributed by atoms with E-state index in [1.807, 2.05) is 6.92 Å². The summed E-state index contributed by atoms with van der Waals surface area (Å²) in [5, 5.41) is 8.53. The molecule has 0 bridgehead atoms. The number of nitrogens with two attached hydrogens (primary N) is 1. The molecule has 0 radical (unpaired) electrons. The molecule has 0 unspecified atom stereocenters. The first kappa shape index (κ1) is 7.53. The fourth-order valence-electron chi connectivity index (χ4n) is 0.819. The summed E-state index contributed by atoms with van der Waals surface area (Å²) in [4.78, 5) is 10.2. The Labute approximate surface area is 63.8 Å². The summed E-state index contributed by atoms with van der Waals surface area (Å²) < 4.78 is 0. The second-order valence-electron chi connectivity index (χ2n) is 2.34. The van der Waals surface area contributed by atoms with E-state index in [0.717, 1.165) is 5.56 Å². The lowest BCUT2D eigenvalue weighted by atomic mass is 10.2. The quantitative estimate of drug-likeness (QED) is 0.473. The summed E-state index contributed by atoms with van der Waals surface area (Å²) >= 11 is 0. The van der Waals surface area contributed by atoms with Crippen LogP contribution in [0.4, 0.5) is 11.4 Å². The van der Waals surface area contributed by atoms with Crippen molar-refractivity contribution < 1.29 is 10.1 Å². The average Bonchev–Trinajstić information content (AvgIpc) is 1.94. The van der Waals surface area contributed by atoms with E-state index in [1.165, 1.54) is 6.07 Å². The van der Waals surface area contributed by atoms with E-state index in [4.69, 9.17) is 10.9 Å². The van der Waals surface area contributed by atoms with E-state index in [2.05, 4.69) is 0 Å². The van der Waals surface area contributed by atoms with Crippen LogP contribution in [-0.4, -0.2) is 10.1 Å². The predicted molar refractivity (Wildman–Crippen MR) is 40.7 cm³/mol. The molecule has 0 atom stereocenters. The summed E-state index contributed by atoms with van der Waals surface area (Å²) in [6.45, 7) is 1.81. The Bertz CT molecular complexity index is 296. The molecule has 1 aromatic rings. The number of hydrogen-bond acceptors (Lipinski definition) is 2. The van der Waals surface area contributed by atoms with E-state index < -0.39 is 0 Å². The first-order valence-electron chi connectivity index (χ1n) is 3.13. The highest BCUT2D eigenvalue weighted by molar-refractivity contribution is 5.58. The molecule has 1 rings (SSSR count). The molecule has 0 aliphatic carbocycles. The third-order valence-corrected chi connectivity index (χ3v) is 1.39. The highest BCUT2D eigenvalue weighted by Crippen LogP contribution is 2.20. The molecule has 0 aliphatic rings. The predicted octanol–water partition coefficient (Wildman–Crippen LogP) is 1.38. The maximum absolute atomic E-state index is 10.4. The van der Waals surface area contributed by atoms with E-state index in [-0.39, 0.29) is 16.3 Å². The van der Waals surface area contributed by atoms with Crippen LogP contribution in [0.15, 0.2) is 18.2 Å². The van der Waals surface area contributed by atoms with Gasteiger partial charge in [0.05, 0.1) is 4.91 Å². The van der Waals surface area contributed by atoms with E-state index >= 15 is 0 Å². The average molecular weight is 153 g/mol. The van der Waals surface area contributed by atoms with Gasteiger partial charge in [0, 0.05) is 6.07 Å². The lowest BCUT2D eigenvalue weighted by molar-refractivity contribution is -0.729. The number of benzene rings is 1. The molecule has 0 saturated heterocycles. The molecule has 0 spiro atoms. The van der Waals surface area contributed by atoms with Gasteiger partial charge in [-0.3, -0.25) is 0 Å². The van der Waals surface area contributed by atoms with Crippen molar-refractivity contribution in [3.8, 4) is 0 Å². The molecule has 11 heavy (non-hydrogen) atoms. The highest BCUT2D eigenvalue weighted by Gasteiger charge is 2.15. The van der Waals surface area contributed by atoms with Gasteiger partial charge in [-0.25, -0.2) is 5.21 Å². The van der Waals surface area contributed by atoms with Crippen molar-refractivity contribution in [1.29, 1.82) is 0 Å². The van der Waals surface area contributed by atoms with Gasteiger partial charge in [0.15, 0.2) is 0 Å². The van der Waals surface area contributed by atoms with Gasteiger partial charge in [-0.05, 0) is 18.6 Å². The Balaban J connectivity index is 3.23. The van der Waals surface area contributed by atoms with Gasteiger partial charge in [0.25, 0.3) is 4.92 Å². The van der Waals surface area contributed by atoms with Crippen molar-refractivity contribution in [3.05, 3.63) is 28.7 Å².